The van der Waals surface area contributed by atoms with Gasteiger partial charge < -0.3 is 34.3 Å². The molecule has 2 saturated heterocycles. The summed E-state index contributed by atoms with van der Waals surface area (Å²) in [7, 11) is -0.652. The fraction of sp³-hybridized carbons (Fsp3) is 0.864. The highest BCUT2D eigenvalue weighted by Gasteiger charge is 2.54. The van der Waals surface area contributed by atoms with Gasteiger partial charge in [-0.1, -0.05) is 6.92 Å². The normalized spacial score (nSPS) is 21.8. The van der Waals surface area contributed by atoms with Gasteiger partial charge in [0, 0.05) is 13.1 Å². The highest BCUT2D eigenvalue weighted by molar-refractivity contribution is 6.48. The van der Waals surface area contributed by atoms with E-state index in [1.807, 2.05) is 34.6 Å². The van der Waals surface area contributed by atoms with Gasteiger partial charge in [-0.15, -0.1) is 0 Å². The molecule has 2 fully saturated rings. The van der Waals surface area contributed by atoms with Gasteiger partial charge in [-0.2, -0.15) is 0 Å². The maximum Gasteiger partial charge on any atom is 0.481 e. The molecule has 0 aromatic rings. The summed E-state index contributed by atoms with van der Waals surface area (Å²) in [6, 6.07) is -1.10. The maximum atomic E-state index is 13.2. The minimum absolute atomic E-state index is 0.190. The van der Waals surface area contributed by atoms with Crippen LogP contribution in [0.2, 0.25) is 0 Å². The van der Waals surface area contributed by atoms with Crippen molar-refractivity contribution in [1.82, 2.24) is 15.5 Å². The molecule has 0 unspecified atom stereocenters. The summed E-state index contributed by atoms with van der Waals surface area (Å²) in [6.07, 6.45) is -0.412. The van der Waals surface area contributed by atoms with E-state index >= 15 is 0 Å². The molecule has 2 atom stereocenters. The van der Waals surface area contributed by atoms with Gasteiger partial charge in [0.25, 0.3) is 0 Å². The van der Waals surface area contributed by atoms with Crippen molar-refractivity contribution in [3.63, 3.8) is 0 Å². The van der Waals surface area contributed by atoms with Crippen LogP contribution in [0.1, 0.15) is 68.2 Å². The van der Waals surface area contributed by atoms with E-state index < -0.39 is 47.9 Å². The number of carbonyl (C=O) groups is 3. The second-order valence-electron chi connectivity index (χ2n) is 10.5. The van der Waals surface area contributed by atoms with Crippen molar-refractivity contribution < 1.29 is 33.2 Å². The van der Waals surface area contributed by atoms with Crippen molar-refractivity contribution in [2.45, 2.75) is 97.0 Å². The Bertz CT molecular complexity index is 701. The fourth-order valence-corrected chi connectivity index (χ4v) is 3.47. The molecule has 3 amide bonds. The first-order chi connectivity index (χ1) is 15.1. The highest BCUT2D eigenvalue weighted by atomic mass is 16.7. The van der Waals surface area contributed by atoms with Gasteiger partial charge in [-0.05, 0) is 54.9 Å². The number of hydrogen-bond donors (Lipinski definition) is 2. The van der Waals surface area contributed by atoms with E-state index in [2.05, 4.69) is 10.6 Å². The maximum absolute atomic E-state index is 13.2. The van der Waals surface area contributed by atoms with Crippen molar-refractivity contribution in [2.75, 3.05) is 26.3 Å². The molecule has 2 aliphatic heterocycles. The van der Waals surface area contributed by atoms with E-state index in [9.17, 15) is 14.4 Å². The van der Waals surface area contributed by atoms with Crippen LogP contribution in [0.15, 0.2) is 0 Å². The van der Waals surface area contributed by atoms with Crippen LogP contribution in [0.25, 0.3) is 0 Å². The first-order valence-corrected chi connectivity index (χ1v) is 11.7. The zero-order valence-corrected chi connectivity index (χ0v) is 21.3. The summed E-state index contributed by atoms with van der Waals surface area (Å²) in [4.78, 5) is 40.1. The quantitative estimate of drug-likeness (QED) is 0.545. The van der Waals surface area contributed by atoms with Gasteiger partial charge in [-0.25, -0.2) is 4.79 Å². The molecule has 2 aliphatic rings. The molecule has 2 heterocycles. The summed E-state index contributed by atoms with van der Waals surface area (Å²) in [5.74, 6) is -1.19. The molecule has 33 heavy (non-hydrogen) atoms. The zero-order chi connectivity index (χ0) is 25.0. The largest absolute Gasteiger partial charge is 0.481 e. The number of ether oxygens (including phenoxy) is 2. The summed E-state index contributed by atoms with van der Waals surface area (Å²) in [5, 5.41) is 5.47. The minimum atomic E-state index is -1.10. The van der Waals surface area contributed by atoms with E-state index in [0.29, 0.717) is 32.7 Å². The van der Waals surface area contributed by atoms with Crippen molar-refractivity contribution in [1.29, 1.82) is 0 Å². The molecular formula is C22H40BN3O7. The lowest BCUT2D eigenvalue weighted by Gasteiger charge is -2.32. The van der Waals surface area contributed by atoms with Gasteiger partial charge in [0.15, 0.2) is 0 Å². The Balaban J connectivity index is 2.11. The predicted molar refractivity (Wildman–Crippen MR) is 123 cm³/mol. The molecule has 11 heteroatoms. The van der Waals surface area contributed by atoms with Crippen LogP contribution >= 0.6 is 0 Å². The molecule has 0 aromatic carbocycles. The van der Waals surface area contributed by atoms with Gasteiger partial charge >= 0.3 is 13.2 Å². The number of nitrogens with one attached hydrogen (secondary N) is 2. The number of alkyl carbamates (subject to hydrolysis) is 1. The van der Waals surface area contributed by atoms with Crippen LogP contribution in [0.5, 0.6) is 0 Å². The average molecular weight is 469 g/mol. The smallest absolute Gasteiger partial charge is 0.444 e. The van der Waals surface area contributed by atoms with E-state index in [0.717, 1.165) is 0 Å². The van der Waals surface area contributed by atoms with Crippen LogP contribution < -0.4 is 10.6 Å². The molecule has 0 spiro atoms. The molecule has 0 saturated carbocycles. The van der Waals surface area contributed by atoms with Crippen molar-refractivity contribution >= 4 is 25.0 Å². The Labute approximate surface area is 197 Å². The monoisotopic (exact) mass is 469 g/mol. The third-order valence-corrected chi connectivity index (χ3v) is 6.12. The highest BCUT2D eigenvalue weighted by Crippen LogP contribution is 2.37. The van der Waals surface area contributed by atoms with Gasteiger partial charge in [0.1, 0.15) is 11.6 Å². The Kier molecular flexibility index (Phi) is 8.81. The number of rotatable bonds is 7. The first kappa shape index (κ1) is 27.4. The molecule has 0 bridgehead atoms. The van der Waals surface area contributed by atoms with Crippen molar-refractivity contribution in [2.24, 2.45) is 0 Å². The Hall–Kier alpha value is -1.85. The Morgan fingerprint density at radius 3 is 2.06 bits per heavy atom. The average Bonchev–Trinajstić information content (AvgIpc) is 2.91. The van der Waals surface area contributed by atoms with E-state index in [4.69, 9.17) is 18.8 Å². The number of hydrogen-bond acceptors (Lipinski definition) is 7. The lowest BCUT2D eigenvalue weighted by Crippen LogP contribution is -2.56. The van der Waals surface area contributed by atoms with Crippen LogP contribution in [0, 0.1) is 0 Å². The molecule has 0 radical (unpaired) electrons. The second kappa shape index (κ2) is 10.6. The predicted octanol–water partition coefficient (Wildman–Crippen LogP) is 1.65. The number of amides is 3. The molecule has 2 N–H and O–H groups in total. The van der Waals surface area contributed by atoms with Crippen LogP contribution in [0.4, 0.5) is 4.79 Å². The summed E-state index contributed by atoms with van der Waals surface area (Å²) in [6.45, 7) is 16.6. The lowest BCUT2D eigenvalue weighted by molar-refractivity contribution is -0.138. The number of nitrogens with zero attached hydrogens (tertiary/aromatic N) is 1. The van der Waals surface area contributed by atoms with Crippen molar-refractivity contribution in [3.05, 3.63) is 0 Å². The van der Waals surface area contributed by atoms with Crippen molar-refractivity contribution in [3.8, 4) is 0 Å². The summed E-state index contributed by atoms with van der Waals surface area (Å²) in [5.41, 5.74) is -1.83. The number of morpholine rings is 1. The lowest BCUT2D eigenvalue weighted by atomic mass is 9.76. The molecule has 2 rings (SSSR count). The zero-order valence-electron chi connectivity index (χ0n) is 21.3. The van der Waals surface area contributed by atoms with Gasteiger partial charge in [0.05, 0.1) is 36.8 Å². The summed E-state index contributed by atoms with van der Waals surface area (Å²) >= 11 is 0. The van der Waals surface area contributed by atoms with Gasteiger partial charge in [0.2, 0.25) is 11.8 Å². The van der Waals surface area contributed by atoms with E-state index in [1.165, 1.54) is 0 Å². The second-order valence-corrected chi connectivity index (χ2v) is 10.5. The Morgan fingerprint density at radius 2 is 1.58 bits per heavy atom. The van der Waals surface area contributed by atoms with E-state index in [-0.39, 0.29) is 12.3 Å². The van der Waals surface area contributed by atoms with Crippen LogP contribution in [-0.4, -0.2) is 85.0 Å². The third kappa shape index (κ3) is 7.58. The topological polar surface area (TPSA) is 115 Å². The molecule has 10 nitrogen and oxygen atoms in total. The molecule has 188 valence electrons. The number of carbonyl (C=O) groups excluding carboxylic acids is 3. The third-order valence-electron chi connectivity index (χ3n) is 6.12. The fourth-order valence-electron chi connectivity index (χ4n) is 3.47. The first-order valence-electron chi connectivity index (χ1n) is 11.7. The standard InChI is InChI=1S/C22H40BN3O7/c1-9-16(23-32-21(5,6)22(7,8)33-23)25-18(28)15(24-19(29)31-20(2,3)4)14-17(27)26-10-12-30-13-11-26/h15-16H,9-14H2,1-8H3,(H,24,29)(H,25,28)/t15-,16+/m1/s1. The molecule has 0 aliphatic carbocycles. The SMILES string of the molecule is CC[C@H](NC(=O)[C@@H](CC(=O)N1CCOCC1)NC(=O)OC(C)(C)C)B1OC(C)(C)C(C)(C)O1. The van der Waals surface area contributed by atoms with Crippen LogP contribution in [0.3, 0.4) is 0 Å². The van der Waals surface area contributed by atoms with E-state index in [1.54, 1.807) is 25.7 Å². The van der Waals surface area contributed by atoms with Gasteiger partial charge in [-0.3, -0.25) is 9.59 Å². The minimum Gasteiger partial charge on any atom is -0.444 e. The Morgan fingerprint density at radius 1 is 1.03 bits per heavy atom. The summed E-state index contributed by atoms with van der Waals surface area (Å²) < 4.78 is 22.8. The molecule has 0 aromatic heterocycles. The van der Waals surface area contributed by atoms with Crippen LogP contribution in [-0.2, 0) is 28.4 Å². The molecular weight excluding hydrogens is 429 g/mol.